The Morgan fingerprint density at radius 2 is 1.81 bits per heavy atom. The molecule has 0 bridgehead atoms. The lowest BCUT2D eigenvalue weighted by Gasteiger charge is -2.36. The van der Waals surface area contributed by atoms with E-state index in [-0.39, 0.29) is 5.91 Å². The predicted molar refractivity (Wildman–Crippen MR) is 109 cm³/mol. The Hall–Kier alpha value is -2.65. The summed E-state index contributed by atoms with van der Waals surface area (Å²) >= 11 is 1.57. The minimum atomic E-state index is 0.170. The Balaban J connectivity index is 1.45. The van der Waals surface area contributed by atoms with Crippen LogP contribution in [0.5, 0.6) is 5.75 Å². The average Bonchev–Trinajstić information content (AvgIpc) is 2.74. The quantitative estimate of drug-likeness (QED) is 0.769. The zero-order valence-corrected chi connectivity index (χ0v) is 16.2. The number of carbonyl (C=O) groups is 1. The Morgan fingerprint density at radius 3 is 2.48 bits per heavy atom. The highest BCUT2D eigenvalue weighted by molar-refractivity contribution is 7.99. The molecule has 140 valence electrons. The van der Waals surface area contributed by atoms with Crippen LogP contribution in [0, 0.1) is 11.3 Å². The summed E-state index contributed by atoms with van der Waals surface area (Å²) in [4.78, 5) is 16.7. The summed E-state index contributed by atoms with van der Waals surface area (Å²) in [6.45, 7) is 3.14. The molecule has 1 amide bonds. The predicted octanol–water partition coefficient (Wildman–Crippen LogP) is 3.15. The van der Waals surface area contributed by atoms with E-state index in [1.54, 1.807) is 18.9 Å². The molecule has 0 N–H and O–H groups in total. The van der Waals surface area contributed by atoms with Gasteiger partial charge in [-0.15, -0.1) is 11.8 Å². The van der Waals surface area contributed by atoms with E-state index in [2.05, 4.69) is 23.1 Å². The summed E-state index contributed by atoms with van der Waals surface area (Å²) in [7, 11) is 1.66. The molecule has 0 radical (unpaired) electrons. The van der Waals surface area contributed by atoms with Crippen molar-refractivity contribution in [2.75, 3.05) is 43.9 Å². The second-order valence-electron chi connectivity index (χ2n) is 6.33. The number of anilines is 1. The number of amides is 1. The molecule has 0 aromatic heterocycles. The van der Waals surface area contributed by atoms with Gasteiger partial charge in [-0.2, -0.15) is 5.26 Å². The largest absolute Gasteiger partial charge is 0.497 e. The van der Waals surface area contributed by atoms with E-state index in [1.165, 1.54) is 0 Å². The van der Waals surface area contributed by atoms with Gasteiger partial charge in [0, 0.05) is 37.6 Å². The number of carbonyl (C=O) groups excluding carboxylic acids is 1. The van der Waals surface area contributed by atoms with Crippen molar-refractivity contribution in [2.24, 2.45) is 0 Å². The standard InChI is InChI=1S/C21H23N3O2S/c1-26-20-8-6-19(7-9-20)23-10-12-24(13-11-23)21(25)16-27-15-18-5-3-2-4-17(18)14-22/h2-9H,10-13,15-16H2,1H3. The number of rotatable bonds is 6. The van der Waals surface area contributed by atoms with Crippen molar-refractivity contribution in [1.82, 2.24) is 4.90 Å². The zero-order chi connectivity index (χ0) is 19.1. The smallest absolute Gasteiger partial charge is 0.232 e. The number of nitrogens with zero attached hydrogens (tertiary/aromatic N) is 3. The first-order valence-corrected chi connectivity index (χ1v) is 10.1. The van der Waals surface area contributed by atoms with E-state index in [1.807, 2.05) is 41.3 Å². The van der Waals surface area contributed by atoms with E-state index in [4.69, 9.17) is 10.00 Å². The highest BCUT2D eigenvalue weighted by Gasteiger charge is 2.21. The third-order valence-electron chi connectivity index (χ3n) is 4.69. The number of hydrogen-bond donors (Lipinski definition) is 0. The van der Waals surface area contributed by atoms with Crippen molar-refractivity contribution in [3.05, 3.63) is 59.7 Å². The number of hydrogen-bond acceptors (Lipinski definition) is 5. The molecule has 5 nitrogen and oxygen atoms in total. The zero-order valence-electron chi connectivity index (χ0n) is 15.4. The maximum Gasteiger partial charge on any atom is 0.232 e. The van der Waals surface area contributed by atoms with E-state index in [9.17, 15) is 4.79 Å². The van der Waals surface area contributed by atoms with Crippen molar-refractivity contribution in [3.63, 3.8) is 0 Å². The van der Waals surface area contributed by atoms with Crippen LogP contribution in [0.1, 0.15) is 11.1 Å². The number of nitriles is 1. The number of methoxy groups -OCH3 is 1. The Kier molecular flexibility index (Phi) is 6.61. The van der Waals surface area contributed by atoms with Crippen molar-refractivity contribution in [3.8, 4) is 11.8 Å². The van der Waals surface area contributed by atoms with Crippen LogP contribution in [0.25, 0.3) is 0 Å². The molecule has 0 aliphatic carbocycles. The molecule has 1 heterocycles. The first-order valence-electron chi connectivity index (χ1n) is 8.94. The third kappa shape index (κ3) is 4.95. The summed E-state index contributed by atoms with van der Waals surface area (Å²) in [6.07, 6.45) is 0. The number of thioether (sulfide) groups is 1. The summed E-state index contributed by atoms with van der Waals surface area (Å²) < 4.78 is 5.20. The third-order valence-corrected chi connectivity index (χ3v) is 5.66. The van der Waals surface area contributed by atoms with Gasteiger partial charge in [-0.3, -0.25) is 4.79 Å². The topological polar surface area (TPSA) is 56.6 Å². The van der Waals surface area contributed by atoms with Crippen LogP contribution in [0.3, 0.4) is 0 Å². The van der Waals surface area contributed by atoms with Crippen molar-refractivity contribution in [1.29, 1.82) is 5.26 Å². The first kappa shape index (κ1) is 19.1. The lowest BCUT2D eigenvalue weighted by Crippen LogP contribution is -2.49. The molecule has 6 heteroatoms. The van der Waals surface area contributed by atoms with E-state index >= 15 is 0 Å². The monoisotopic (exact) mass is 381 g/mol. The minimum Gasteiger partial charge on any atom is -0.497 e. The molecule has 2 aromatic carbocycles. The number of benzene rings is 2. The second-order valence-corrected chi connectivity index (χ2v) is 7.31. The first-order chi connectivity index (χ1) is 13.2. The molecule has 2 aromatic rings. The fourth-order valence-corrected chi connectivity index (χ4v) is 4.03. The summed E-state index contributed by atoms with van der Waals surface area (Å²) in [6, 6.07) is 17.8. The van der Waals surface area contributed by atoms with Crippen LogP contribution in [-0.4, -0.2) is 49.8 Å². The molecular weight excluding hydrogens is 358 g/mol. The van der Waals surface area contributed by atoms with Crippen LogP contribution in [0.2, 0.25) is 0 Å². The van der Waals surface area contributed by atoms with Gasteiger partial charge in [0.25, 0.3) is 0 Å². The Labute approximate surface area is 164 Å². The SMILES string of the molecule is COc1ccc(N2CCN(C(=O)CSCc3ccccc3C#N)CC2)cc1. The molecule has 1 aliphatic rings. The van der Waals surface area contributed by atoms with Gasteiger partial charge in [0.2, 0.25) is 5.91 Å². The lowest BCUT2D eigenvalue weighted by molar-refractivity contribution is -0.128. The Morgan fingerprint density at radius 1 is 1.11 bits per heavy atom. The molecule has 0 spiro atoms. The maximum atomic E-state index is 12.5. The van der Waals surface area contributed by atoms with Crippen LogP contribution < -0.4 is 9.64 Å². The van der Waals surface area contributed by atoms with Crippen LogP contribution >= 0.6 is 11.8 Å². The molecule has 0 saturated carbocycles. The van der Waals surface area contributed by atoms with Crippen LogP contribution in [0.15, 0.2) is 48.5 Å². The number of ether oxygens (including phenoxy) is 1. The summed E-state index contributed by atoms with van der Waals surface area (Å²) in [5.41, 5.74) is 2.83. The molecular formula is C21H23N3O2S. The van der Waals surface area contributed by atoms with Gasteiger partial charge in [0.1, 0.15) is 5.75 Å². The molecule has 1 fully saturated rings. The molecule has 3 rings (SSSR count). The normalized spacial score (nSPS) is 13.9. The average molecular weight is 382 g/mol. The highest BCUT2D eigenvalue weighted by Crippen LogP contribution is 2.21. The Bertz CT molecular complexity index is 809. The van der Waals surface area contributed by atoms with Crippen LogP contribution in [-0.2, 0) is 10.5 Å². The highest BCUT2D eigenvalue weighted by atomic mass is 32.2. The van der Waals surface area contributed by atoms with Gasteiger partial charge in [-0.05, 0) is 35.9 Å². The van der Waals surface area contributed by atoms with Gasteiger partial charge < -0.3 is 14.5 Å². The fourth-order valence-electron chi connectivity index (χ4n) is 3.10. The molecule has 0 atom stereocenters. The lowest BCUT2D eigenvalue weighted by atomic mass is 10.1. The summed E-state index contributed by atoms with van der Waals surface area (Å²) in [5.74, 6) is 2.15. The van der Waals surface area contributed by atoms with Crippen molar-refractivity contribution < 1.29 is 9.53 Å². The molecule has 0 unspecified atom stereocenters. The van der Waals surface area contributed by atoms with Gasteiger partial charge >= 0.3 is 0 Å². The van der Waals surface area contributed by atoms with E-state index < -0.39 is 0 Å². The molecule has 27 heavy (non-hydrogen) atoms. The van der Waals surface area contributed by atoms with Gasteiger partial charge in [0.15, 0.2) is 0 Å². The number of piperazine rings is 1. The minimum absolute atomic E-state index is 0.170. The second kappa shape index (κ2) is 9.33. The van der Waals surface area contributed by atoms with Crippen molar-refractivity contribution >= 4 is 23.4 Å². The molecule has 1 saturated heterocycles. The maximum absolute atomic E-state index is 12.5. The van der Waals surface area contributed by atoms with Crippen molar-refractivity contribution in [2.45, 2.75) is 5.75 Å². The van der Waals surface area contributed by atoms with Crippen LogP contribution in [0.4, 0.5) is 5.69 Å². The van der Waals surface area contributed by atoms with Gasteiger partial charge in [-0.1, -0.05) is 18.2 Å². The van der Waals surface area contributed by atoms with E-state index in [0.29, 0.717) is 17.1 Å². The van der Waals surface area contributed by atoms with E-state index in [0.717, 1.165) is 43.2 Å². The summed E-state index contributed by atoms with van der Waals surface area (Å²) in [5, 5.41) is 9.13. The van der Waals surface area contributed by atoms with Gasteiger partial charge in [0.05, 0.1) is 24.5 Å². The fraction of sp³-hybridized carbons (Fsp3) is 0.333. The van der Waals surface area contributed by atoms with Gasteiger partial charge in [-0.25, -0.2) is 0 Å². The molecule has 1 aliphatic heterocycles.